The third-order valence-corrected chi connectivity index (χ3v) is 2.53. The molecule has 1 aromatic rings. The van der Waals surface area contributed by atoms with E-state index in [0.717, 1.165) is 19.5 Å². The number of nitrogen functional groups attached to an aromatic ring is 1. The van der Waals surface area contributed by atoms with Gasteiger partial charge in [0.05, 0.1) is 0 Å². The third kappa shape index (κ3) is 4.44. The molecule has 90 valence electrons. The van der Waals surface area contributed by atoms with Gasteiger partial charge in [0.1, 0.15) is 5.82 Å². The molecule has 5 nitrogen and oxygen atoms in total. The number of aromatic nitrogens is 2. The van der Waals surface area contributed by atoms with Gasteiger partial charge in [0.15, 0.2) is 0 Å². The van der Waals surface area contributed by atoms with Crippen molar-refractivity contribution in [3.8, 4) is 0 Å². The summed E-state index contributed by atoms with van der Waals surface area (Å²) in [7, 11) is 2.13. The van der Waals surface area contributed by atoms with Gasteiger partial charge in [-0.1, -0.05) is 0 Å². The summed E-state index contributed by atoms with van der Waals surface area (Å²) in [6.07, 6.45) is 2.72. The number of rotatable bonds is 6. The van der Waals surface area contributed by atoms with Crippen LogP contribution in [0, 0.1) is 0 Å². The summed E-state index contributed by atoms with van der Waals surface area (Å²) in [6, 6.07) is 2.26. The van der Waals surface area contributed by atoms with Crippen LogP contribution in [-0.2, 0) is 0 Å². The maximum Gasteiger partial charge on any atom is 0.224 e. The van der Waals surface area contributed by atoms with Gasteiger partial charge in [-0.05, 0) is 39.9 Å². The minimum absolute atomic E-state index is 0.497. The SMILES string of the molecule is CC(C)N(C)CCCNc1nccc(N)n1. The Morgan fingerprint density at radius 2 is 2.25 bits per heavy atom. The van der Waals surface area contributed by atoms with Crippen molar-refractivity contribution in [1.29, 1.82) is 0 Å². The Hall–Kier alpha value is -1.36. The van der Waals surface area contributed by atoms with Crippen molar-refractivity contribution < 1.29 is 0 Å². The topological polar surface area (TPSA) is 67.1 Å². The fourth-order valence-electron chi connectivity index (χ4n) is 1.24. The fourth-order valence-corrected chi connectivity index (χ4v) is 1.24. The lowest BCUT2D eigenvalue weighted by atomic mass is 10.3. The normalized spacial score (nSPS) is 11.1. The Kier molecular flexibility index (Phi) is 4.98. The van der Waals surface area contributed by atoms with E-state index in [1.165, 1.54) is 0 Å². The van der Waals surface area contributed by atoms with E-state index in [9.17, 15) is 0 Å². The number of hydrogen-bond donors (Lipinski definition) is 2. The van der Waals surface area contributed by atoms with Crippen molar-refractivity contribution in [2.45, 2.75) is 26.3 Å². The van der Waals surface area contributed by atoms with E-state index in [0.29, 0.717) is 17.8 Å². The Labute approximate surface area is 97.1 Å². The monoisotopic (exact) mass is 223 g/mol. The summed E-state index contributed by atoms with van der Waals surface area (Å²) in [5.74, 6) is 1.10. The highest BCUT2D eigenvalue weighted by Crippen LogP contribution is 2.01. The number of nitrogens with two attached hydrogens (primary N) is 1. The lowest BCUT2D eigenvalue weighted by Crippen LogP contribution is -2.28. The van der Waals surface area contributed by atoms with Crippen LogP contribution in [0.4, 0.5) is 11.8 Å². The maximum atomic E-state index is 5.55. The molecular weight excluding hydrogens is 202 g/mol. The standard InChI is InChI=1S/C11H21N5/c1-9(2)16(3)8-4-6-13-11-14-7-5-10(12)15-11/h5,7,9H,4,6,8H2,1-3H3,(H3,12,13,14,15). The third-order valence-electron chi connectivity index (χ3n) is 2.53. The van der Waals surface area contributed by atoms with Crippen LogP contribution in [0.1, 0.15) is 20.3 Å². The van der Waals surface area contributed by atoms with Crippen molar-refractivity contribution in [2.75, 3.05) is 31.2 Å². The van der Waals surface area contributed by atoms with Crippen molar-refractivity contribution in [3.05, 3.63) is 12.3 Å². The maximum absolute atomic E-state index is 5.55. The Balaban J connectivity index is 2.21. The quantitative estimate of drug-likeness (QED) is 0.709. The zero-order chi connectivity index (χ0) is 12.0. The largest absolute Gasteiger partial charge is 0.384 e. The Morgan fingerprint density at radius 1 is 1.50 bits per heavy atom. The summed E-state index contributed by atoms with van der Waals surface area (Å²) in [6.45, 7) is 6.30. The molecule has 0 unspecified atom stereocenters. The highest BCUT2D eigenvalue weighted by Gasteiger charge is 2.02. The summed E-state index contributed by atoms with van der Waals surface area (Å²) in [4.78, 5) is 10.4. The molecule has 0 radical (unpaired) electrons. The van der Waals surface area contributed by atoms with Crippen molar-refractivity contribution in [1.82, 2.24) is 14.9 Å². The fraction of sp³-hybridized carbons (Fsp3) is 0.636. The van der Waals surface area contributed by atoms with Gasteiger partial charge in [-0.15, -0.1) is 0 Å². The first kappa shape index (κ1) is 12.7. The summed E-state index contributed by atoms with van der Waals surface area (Å²) < 4.78 is 0. The van der Waals surface area contributed by atoms with Crippen LogP contribution in [0.5, 0.6) is 0 Å². The van der Waals surface area contributed by atoms with Gasteiger partial charge >= 0.3 is 0 Å². The second kappa shape index (κ2) is 6.27. The zero-order valence-electron chi connectivity index (χ0n) is 10.3. The van der Waals surface area contributed by atoms with Gasteiger partial charge < -0.3 is 16.0 Å². The predicted molar refractivity (Wildman–Crippen MR) is 67.3 cm³/mol. The van der Waals surface area contributed by atoms with E-state index in [2.05, 4.69) is 41.1 Å². The van der Waals surface area contributed by atoms with Crippen LogP contribution in [0.2, 0.25) is 0 Å². The molecule has 0 aromatic carbocycles. The average Bonchev–Trinajstić information content (AvgIpc) is 2.24. The molecule has 16 heavy (non-hydrogen) atoms. The van der Waals surface area contributed by atoms with Crippen molar-refractivity contribution >= 4 is 11.8 Å². The van der Waals surface area contributed by atoms with Crippen LogP contribution in [0.3, 0.4) is 0 Å². The van der Waals surface area contributed by atoms with Crippen LogP contribution in [0.15, 0.2) is 12.3 Å². The molecule has 0 aliphatic heterocycles. The first-order chi connectivity index (χ1) is 7.59. The Bertz CT molecular complexity index is 313. The smallest absolute Gasteiger partial charge is 0.224 e. The van der Waals surface area contributed by atoms with Crippen LogP contribution in [0.25, 0.3) is 0 Å². The molecule has 5 heteroatoms. The molecule has 3 N–H and O–H groups in total. The van der Waals surface area contributed by atoms with E-state index < -0.39 is 0 Å². The zero-order valence-corrected chi connectivity index (χ0v) is 10.3. The highest BCUT2D eigenvalue weighted by molar-refractivity contribution is 5.34. The minimum Gasteiger partial charge on any atom is -0.384 e. The summed E-state index contributed by atoms with van der Waals surface area (Å²) in [5, 5.41) is 3.15. The van der Waals surface area contributed by atoms with E-state index in [1.807, 2.05) is 0 Å². The minimum atomic E-state index is 0.497. The van der Waals surface area contributed by atoms with Gasteiger partial charge in [0.2, 0.25) is 5.95 Å². The molecule has 0 saturated heterocycles. The van der Waals surface area contributed by atoms with Gasteiger partial charge in [-0.2, -0.15) is 4.98 Å². The molecule has 0 saturated carbocycles. The van der Waals surface area contributed by atoms with Gasteiger partial charge in [-0.25, -0.2) is 4.98 Å². The van der Waals surface area contributed by atoms with E-state index >= 15 is 0 Å². The van der Waals surface area contributed by atoms with Crippen LogP contribution >= 0.6 is 0 Å². The number of nitrogens with one attached hydrogen (secondary N) is 1. The van der Waals surface area contributed by atoms with E-state index in [1.54, 1.807) is 12.3 Å². The molecule has 0 atom stereocenters. The van der Waals surface area contributed by atoms with E-state index in [-0.39, 0.29) is 0 Å². The molecule has 1 heterocycles. The molecule has 0 amide bonds. The summed E-state index contributed by atoms with van der Waals surface area (Å²) >= 11 is 0. The number of hydrogen-bond acceptors (Lipinski definition) is 5. The lowest BCUT2D eigenvalue weighted by Gasteiger charge is -2.20. The number of anilines is 2. The van der Waals surface area contributed by atoms with Gasteiger partial charge in [0.25, 0.3) is 0 Å². The lowest BCUT2D eigenvalue weighted by molar-refractivity contribution is 0.273. The average molecular weight is 223 g/mol. The molecular formula is C11H21N5. The first-order valence-corrected chi connectivity index (χ1v) is 5.62. The van der Waals surface area contributed by atoms with Crippen LogP contribution in [-0.4, -0.2) is 41.0 Å². The highest BCUT2D eigenvalue weighted by atomic mass is 15.1. The Morgan fingerprint density at radius 3 is 2.88 bits per heavy atom. The number of nitrogens with zero attached hydrogens (tertiary/aromatic N) is 3. The van der Waals surface area contributed by atoms with Crippen molar-refractivity contribution in [3.63, 3.8) is 0 Å². The van der Waals surface area contributed by atoms with Gasteiger partial charge in [-0.3, -0.25) is 0 Å². The second-order valence-electron chi connectivity index (χ2n) is 4.16. The predicted octanol–water partition coefficient (Wildman–Crippen LogP) is 1.20. The van der Waals surface area contributed by atoms with Crippen LogP contribution < -0.4 is 11.1 Å². The molecule has 0 aliphatic carbocycles. The first-order valence-electron chi connectivity index (χ1n) is 5.62. The molecule has 1 rings (SSSR count). The van der Waals surface area contributed by atoms with Gasteiger partial charge in [0, 0.05) is 18.8 Å². The molecule has 1 aromatic heterocycles. The van der Waals surface area contributed by atoms with Crippen molar-refractivity contribution in [2.24, 2.45) is 0 Å². The molecule has 0 fully saturated rings. The second-order valence-corrected chi connectivity index (χ2v) is 4.16. The molecule has 0 aliphatic rings. The van der Waals surface area contributed by atoms with E-state index in [4.69, 9.17) is 5.73 Å². The molecule has 0 spiro atoms. The molecule has 0 bridgehead atoms. The summed E-state index contributed by atoms with van der Waals surface area (Å²) in [5.41, 5.74) is 5.55.